The van der Waals surface area contributed by atoms with Gasteiger partial charge < -0.3 is 0 Å². The van der Waals surface area contributed by atoms with E-state index >= 15 is 0 Å². The highest BCUT2D eigenvalue weighted by atomic mass is 16.2. The van der Waals surface area contributed by atoms with Crippen LogP contribution in [0.3, 0.4) is 0 Å². The average Bonchev–Trinajstić information content (AvgIpc) is 2.44. The van der Waals surface area contributed by atoms with E-state index in [1.54, 1.807) is 30.3 Å². The molecule has 1 rings (SSSR count). The minimum Gasteiger partial charge on any atom is -0.292 e. The van der Waals surface area contributed by atoms with Gasteiger partial charge in [0.2, 0.25) is 5.91 Å². The van der Waals surface area contributed by atoms with Crippen LogP contribution in [0.1, 0.15) is 50.9 Å². The SMILES string of the molecule is CC[C@@](C#N)(CC(=O)NC(=O)c1ccccc1)C(C)(C)C. The van der Waals surface area contributed by atoms with Gasteiger partial charge in [0.15, 0.2) is 0 Å². The Hall–Kier alpha value is -2.15. The molecule has 0 radical (unpaired) electrons. The van der Waals surface area contributed by atoms with E-state index in [0.717, 1.165) is 0 Å². The maximum atomic E-state index is 12.1. The zero-order valence-electron chi connectivity index (χ0n) is 13.1. The standard InChI is InChI=1S/C17H22N2O2/c1-5-17(12-18,16(2,3)4)11-14(20)19-15(21)13-9-7-6-8-10-13/h6-10H,5,11H2,1-4H3,(H,19,20,21)/t17-/m0/s1. The summed E-state index contributed by atoms with van der Waals surface area (Å²) in [5.41, 5.74) is -0.696. The predicted octanol–water partition coefficient (Wildman–Crippen LogP) is 3.30. The summed E-state index contributed by atoms with van der Waals surface area (Å²) in [6.45, 7) is 7.70. The van der Waals surface area contributed by atoms with Crippen molar-refractivity contribution in [1.29, 1.82) is 5.26 Å². The first-order valence-electron chi connectivity index (χ1n) is 7.06. The molecular weight excluding hydrogens is 264 g/mol. The molecule has 0 aliphatic carbocycles. The molecule has 21 heavy (non-hydrogen) atoms. The van der Waals surface area contributed by atoms with Gasteiger partial charge in [0, 0.05) is 12.0 Å². The van der Waals surface area contributed by atoms with Gasteiger partial charge in [-0.25, -0.2) is 0 Å². The van der Waals surface area contributed by atoms with Crippen molar-refractivity contribution in [3.05, 3.63) is 35.9 Å². The van der Waals surface area contributed by atoms with Crippen LogP contribution in [0.5, 0.6) is 0 Å². The lowest BCUT2D eigenvalue weighted by Gasteiger charge is -2.37. The maximum absolute atomic E-state index is 12.1. The number of carbonyl (C=O) groups excluding carboxylic acids is 2. The van der Waals surface area contributed by atoms with Crippen LogP contribution in [0.4, 0.5) is 0 Å². The fraction of sp³-hybridized carbons (Fsp3) is 0.471. The van der Waals surface area contributed by atoms with Gasteiger partial charge in [-0.1, -0.05) is 45.9 Å². The molecule has 0 unspecified atom stereocenters. The van der Waals surface area contributed by atoms with Crippen LogP contribution in [-0.2, 0) is 4.79 Å². The van der Waals surface area contributed by atoms with Gasteiger partial charge in [-0.05, 0) is 24.0 Å². The predicted molar refractivity (Wildman–Crippen MR) is 81.3 cm³/mol. The summed E-state index contributed by atoms with van der Waals surface area (Å²) < 4.78 is 0. The average molecular weight is 286 g/mol. The Kier molecular flexibility index (Phi) is 5.26. The third kappa shape index (κ3) is 3.91. The molecule has 2 amide bonds. The van der Waals surface area contributed by atoms with E-state index in [4.69, 9.17) is 0 Å². The Morgan fingerprint density at radius 2 is 1.76 bits per heavy atom. The molecule has 0 aliphatic rings. The van der Waals surface area contributed by atoms with Gasteiger partial charge in [-0.15, -0.1) is 0 Å². The molecule has 4 nitrogen and oxygen atoms in total. The summed E-state index contributed by atoms with van der Waals surface area (Å²) in [4.78, 5) is 24.1. The van der Waals surface area contributed by atoms with Crippen molar-refractivity contribution in [2.75, 3.05) is 0 Å². The van der Waals surface area contributed by atoms with Gasteiger partial charge in [0.1, 0.15) is 0 Å². The fourth-order valence-corrected chi connectivity index (χ4v) is 2.31. The normalized spacial score (nSPS) is 13.9. The van der Waals surface area contributed by atoms with E-state index in [9.17, 15) is 14.9 Å². The molecule has 0 aromatic heterocycles. The molecule has 0 bridgehead atoms. The summed E-state index contributed by atoms with van der Waals surface area (Å²) >= 11 is 0. The molecule has 4 heteroatoms. The van der Waals surface area contributed by atoms with Crippen molar-refractivity contribution in [1.82, 2.24) is 5.32 Å². The number of nitrogens with one attached hydrogen (secondary N) is 1. The third-order valence-corrected chi connectivity index (χ3v) is 4.00. The number of nitriles is 1. The van der Waals surface area contributed by atoms with Crippen LogP contribution in [0, 0.1) is 22.2 Å². The van der Waals surface area contributed by atoms with E-state index in [0.29, 0.717) is 12.0 Å². The molecule has 0 fully saturated rings. The van der Waals surface area contributed by atoms with Crippen LogP contribution in [0.25, 0.3) is 0 Å². The Labute approximate surface area is 126 Å². The number of imide groups is 1. The minimum atomic E-state index is -0.784. The van der Waals surface area contributed by atoms with Crippen molar-refractivity contribution in [3.63, 3.8) is 0 Å². The van der Waals surface area contributed by atoms with Gasteiger partial charge in [0.05, 0.1) is 11.5 Å². The molecule has 1 N–H and O–H groups in total. The van der Waals surface area contributed by atoms with Gasteiger partial charge in [0.25, 0.3) is 5.91 Å². The van der Waals surface area contributed by atoms with Crippen molar-refractivity contribution in [2.45, 2.75) is 40.5 Å². The number of amides is 2. The van der Waals surface area contributed by atoms with Crippen LogP contribution in [0.2, 0.25) is 0 Å². The summed E-state index contributed by atoms with van der Waals surface area (Å²) in [6, 6.07) is 10.8. The molecule has 0 heterocycles. The zero-order chi connectivity index (χ0) is 16.1. The van der Waals surface area contributed by atoms with Crippen molar-refractivity contribution in [2.24, 2.45) is 10.8 Å². The number of hydrogen-bond donors (Lipinski definition) is 1. The highest BCUT2D eigenvalue weighted by Gasteiger charge is 2.42. The first kappa shape index (κ1) is 16.9. The third-order valence-electron chi connectivity index (χ3n) is 4.00. The first-order valence-corrected chi connectivity index (χ1v) is 7.06. The summed E-state index contributed by atoms with van der Waals surface area (Å²) in [6.07, 6.45) is 0.571. The summed E-state index contributed by atoms with van der Waals surface area (Å²) in [7, 11) is 0. The molecule has 0 saturated heterocycles. The number of hydrogen-bond acceptors (Lipinski definition) is 3. The lowest BCUT2D eigenvalue weighted by Crippen LogP contribution is -2.41. The van der Waals surface area contributed by atoms with Gasteiger partial charge in [-0.3, -0.25) is 14.9 Å². The maximum Gasteiger partial charge on any atom is 0.257 e. The highest BCUT2D eigenvalue weighted by Crippen LogP contribution is 2.43. The molecular formula is C17H22N2O2. The van der Waals surface area contributed by atoms with Crippen LogP contribution >= 0.6 is 0 Å². The van der Waals surface area contributed by atoms with Crippen molar-refractivity contribution >= 4 is 11.8 Å². The second-order valence-electron chi connectivity index (χ2n) is 6.22. The van der Waals surface area contributed by atoms with E-state index in [1.165, 1.54) is 0 Å². The molecule has 0 spiro atoms. The molecule has 112 valence electrons. The van der Waals surface area contributed by atoms with Crippen molar-refractivity contribution < 1.29 is 9.59 Å². The smallest absolute Gasteiger partial charge is 0.257 e. The van der Waals surface area contributed by atoms with Crippen LogP contribution in [-0.4, -0.2) is 11.8 Å². The number of carbonyl (C=O) groups is 2. The van der Waals surface area contributed by atoms with Crippen LogP contribution < -0.4 is 5.32 Å². The second-order valence-corrected chi connectivity index (χ2v) is 6.22. The Balaban J connectivity index is 2.82. The monoisotopic (exact) mass is 286 g/mol. The largest absolute Gasteiger partial charge is 0.292 e. The fourth-order valence-electron chi connectivity index (χ4n) is 2.31. The topological polar surface area (TPSA) is 70.0 Å². The number of rotatable bonds is 4. The quantitative estimate of drug-likeness (QED) is 0.923. The lowest BCUT2D eigenvalue weighted by molar-refractivity contribution is -0.123. The second kappa shape index (κ2) is 6.53. The Morgan fingerprint density at radius 1 is 1.19 bits per heavy atom. The Morgan fingerprint density at radius 3 is 2.19 bits per heavy atom. The first-order chi connectivity index (χ1) is 9.75. The van der Waals surface area contributed by atoms with Gasteiger partial charge >= 0.3 is 0 Å². The van der Waals surface area contributed by atoms with E-state index in [2.05, 4.69) is 11.4 Å². The minimum absolute atomic E-state index is 0.0159. The van der Waals surface area contributed by atoms with Gasteiger partial charge in [-0.2, -0.15) is 5.26 Å². The molecule has 1 aromatic rings. The lowest BCUT2D eigenvalue weighted by atomic mass is 9.64. The van der Waals surface area contributed by atoms with Crippen LogP contribution in [0.15, 0.2) is 30.3 Å². The van der Waals surface area contributed by atoms with E-state index in [-0.39, 0.29) is 11.8 Å². The van der Waals surface area contributed by atoms with Crippen molar-refractivity contribution in [3.8, 4) is 6.07 Å². The zero-order valence-corrected chi connectivity index (χ0v) is 13.1. The highest BCUT2D eigenvalue weighted by molar-refractivity contribution is 6.04. The van der Waals surface area contributed by atoms with E-state index < -0.39 is 17.2 Å². The van der Waals surface area contributed by atoms with E-state index in [1.807, 2.05) is 27.7 Å². The number of benzene rings is 1. The molecule has 0 saturated carbocycles. The summed E-state index contributed by atoms with van der Waals surface area (Å²) in [5.74, 6) is -0.848. The molecule has 1 aromatic carbocycles. The Bertz CT molecular complexity index is 552. The number of nitrogens with zero attached hydrogens (tertiary/aromatic N) is 1. The molecule has 0 aliphatic heterocycles. The molecule has 1 atom stereocenters. The summed E-state index contributed by atoms with van der Waals surface area (Å²) in [5, 5.41) is 11.9.